The monoisotopic (exact) mass is 383 g/mol. The summed E-state index contributed by atoms with van der Waals surface area (Å²) in [4.78, 5) is 35.4. The number of para-hydroxylation sites is 2. The van der Waals surface area contributed by atoms with E-state index in [0.717, 1.165) is 12.0 Å². The topological polar surface area (TPSA) is 81.7 Å². The Bertz CT molecular complexity index is 833. The molecule has 0 aliphatic carbocycles. The molecule has 1 amide bonds. The van der Waals surface area contributed by atoms with Crippen molar-refractivity contribution in [2.24, 2.45) is 0 Å². The van der Waals surface area contributed by atoms with Crippen molar-refractivity contribution in [2.45, 2.75) is 39.2 Å². The van der Waals surface area contributed by atoms with Crippen molar-refractivity contribution in [3.63, 3.8) is 0 Å². The van der Waals surface area contributed by atoms with Gasteiger partial charge in [0.15, 0.2) is 19.0 Å². The fraction of sp³-hybridized carbons (Fsp3) is 0.318. The fourth-order valence-electron chi connectivity index (χ4n) is 2.63. The molecule has 0 heterocycles. The number of anilines is 1. The van der Waals surface area contributed by atoms with Crippen LogP contribution in [-0.4, -0.2) is 30.9 Å². The highest BCUT2D eigenvalue weighted by atomic mass is 16.6. The maximum atomic E-state index is 12.4. The van der Waals surface area contributed by atoms with E-state index in [1.807, 2.05) is 24.3 Å². The molecule has 0 fully saturated rings. The van der Waals surface area contributed by atoms with E-state index in [9.17, 15) is 14.4 Å². The smallest absolute Gasteiger partial charge is 0.344 e. The molecule has 6 heteroatoms. The summed E-state index contributed by atoms with van der Waals surface area (Å²) in [6.07, 6.45) is 0.602. The molecule has 0 aromatic heterocycles. The average Bonchev–Trinajstić information content (AvgIpc) is 2.72. The molecule has 2 aromatic carbocycles. The zero-order valence-corrected chi connectivity index (χ0v) is 16.3. The number of ether oxygens (including phenoxy) is 2. The minimum Gasteiger partial charge on any atom is -0.481 e. The van der Waals surface area contributed by atoms with Crippen molar-refractivity contribution < 1.29 is 23.9 Å². The Morgan fingerprint density at radius 1 is 1.07 bits per heavy atom. The predicted molar refractivity (Wildman–Crippen MR) is 107 cm³/mol. The van der Waals surface area contributed by atoms with Crippen LogP contribution < -0.4 is 10.1 Å². The third kappa shape index (κ3) is 5.67. The summed E-state index contributed by atoms with van der Waals surface area (Å²) in [6, 6.07) is 14.1. The molecule has 148 valence electrons. The van der Waals surface area contributed by atoms with Crippen LogP contribution in [0, 0.1) is 0 Å². The van der Waals surface area contributed by atoms with Crippen LogP contribution in [0.2, 0.25) is 0 Å². The van der Waals surface area contributed by atoms with Gasteiger partial charge in [0.25, 0.3) is 5.91 Å². The molecule has 28 heavy (non-hydrogen) atoms. The highest BCUT2D eigenvalue weighted by Gasteiger charge is 2.20. The zero-order chi connectivity index (χ0) is 20.5. The van der Waals surface area contributed by atoms with Gasteiger partial charge in [-0.3, -0.25) is 9.59 Å². The highest BCUT2D eigenvalue weighted by Crippen LogP contribution is 2.26. The Balaban J connectivity index is 1.92. The van der Waals surface area contributed by atoms with Crippen molar-refractivity contribution in [3.05, 3.63) is 59.7 Å². The van der Waals surface area contributed by atoms with Gasteiger partial charge in [0.05, 0.1) is 5.56 Å². The third-order valence-corrected chi connectivity index (χ3v) is 4.43. The van der Waals surface area contributed by atoms with Crippen LogP contribution >= 0.6 is 0 Å². The summed E-state index contributed by atoms with van der Waals surface area (Å²) >= 11 is 0. The molecule has 2 atom stereocenters. The number of carbonyl (C=O) groups is 3. The van der Waals surface area contributed by atoms with Crippen LogP contribution in [0.5, 0.6) is 5.75 Å². The second-order valence-electron chi connectivity index (χ2n) is 6.46. The van der Waals surface area contributed by atoms with E-state index in [1.54, 1.807) is 24.3 Å². The molecule has 0 saturated heterocycles. The molecule has 0 bridgehead atoms. The standard InChI is InChI=1S/C22H25NO5/c1-4-15(2)18-10-6-7-11-19(18)23-22(26)16(3)28-21(25)14-27-20-12-8-5-9-17(20)13-24/h5-13,15-16H,4,14H2,1-3H3,(H,23,26)/t15-,16-/m1/s1. The van der Waals surface area contributed by atoms with Crippen LogP contribution in [0.25, 0.3) is 0 Å². The number of nitrogens with one attached hydrogen (secondary N) is 1. The SMILES string of the molecule is CC[C@@H](C)c1ccccc1NC(=O)[C@@H](C)OC(=O)COc1ccccc1C=O. The van der Waals surface area contributed by atoms with Crippen molar-refractivity contribution in [1.82, 2.24) is 0 Å². The summed E-state index contributed by atoms with van der Waals surface area (Å²) in [7, 11) is 0. The molecule has 0 saturated carbocycles. The van der Waals surface area contributed by atoms with Gasteiger partial charge in [-0.05, 0) is 43.0 Å². The summed E-state index contributed by atoms with van der Waals surface area (Å²) in [5, 5.41) is 2.82. The molecule has 0 spiro atoms. The molecule has 6 nitrogen and oxygen atoms in total. The molecule has 2 aromatic rings. The van der Waals surface area contributed by atoms with Crippen LogP contribution in [0.3, 0.4) is 0 Å². The first-order chi connectivity index (χ1) is 13.5. The Hall–Kier alpha value is -3.15. The van der Waals surface area contributed by atoms with Crippen LogP contribution in [-0.2, 0) is 14.3 Å². The van der Waals surface area contributed by atoms with Crippen LogP contribution in [0.4, 0.5) is 5.69 Å². The first-order valence-corrected chi connectivity index (χ1v) is 9.22. The van der Waals surface area contributed by atoms with E-state index in [2.05, 4.69) is 19.2 Å². The lowest BCUT2D eigenvalue weighted by atomic mass is 9.97. The molecule has 2 rings (SSSR count). The maximum Gasteiger partial charge on any atom is 0.344 e. The van der Waals surface area contributed by atoms with Crippen molar-refractivity contribution in [2.75, 3.05) is 11.9 Å². The van der Waals surface area contributed by atoms with Gasteiger partial charge >= 0.3 is 5.97 Å². The van der Waals surface area contributed by atoms with E-state index in [-0.39, 0.29) is 5.75 Å². The van der Waals surface area contributed by atoms with E-state index in [4.69, 9.17) is 9.47 Å². The number of carbonyl (C=O) groups excluding carboxylic acids is 3. The fourth-order valence-corrected chi connectivity index (χ4v) is 2.63. The second kappa shape index (κ2) is 10.3. The Kier molecular flexibility index (Phi) is 7.75. The van der Waals surface area contributed by atoms with E-state index >= 15 is 0 Å². The second-order valence-corrected chi connectivity index (χ2v) is 6.46. The van der Waals surface area contributed by atoms with Crippen molar-refractivity contribution in [3.8, 4) is 5.75 Å². The van der Waals surface area contributed by atoms with Crippen molar-refractivity contribution in [1.29, 1.82) is 0 Å². The first kappa shape index (κ1) is 21.2. The van der Waals surface area contributed by atoms with Gasteiger partial charge in [-0.2, -0.15) is 0 Å². The number of esters is 1. The number of amides is 1. The molecular formula is C22H25NO5. The average molecular weight is 383 g/mol. The number of benzene rings is 2. The van der Waals surface area contributed by atoms with Gasteiger partial charge in [0.2, 0.25) is 0 Å². The number of rotatable bonds is 9. The Morgan fingerprint density at radius 2 is 1.75 bits per heavy atom. The van der Waals surface area contributed by atoms with E-state index in [0.29, 0.717) is 23.5 Å². The minimum absolute atomic E-state index is 0.286. The van der Waals surface area contributed by atoms with Gasteiger partial charge in [0.1, 0.15) is 5.75 Å². The van der Waals surface area contributed by atoms with Gasteiger partial charge in [0, 0.05) is 5.69 Å². The number of hydrogen-bond acceptors (Lipinski definition) is 5. The number of aldehydes is 1. The van der Waals surface area contributed by atoms with Crippen LogP contribution in [0.1, 0.15) is 49.0 Å². The van der Waals surface area contributed by atoms with Gasteiger partial charge in [-0.25, -0.2) is 4.79 Å². The van der Waals surface area contributed by atoms with E-state index in [1.165, 1.54) is 6.92 Å². The lowest BCUT2D eigenvalue weighted by Crippen LogP contribution is -2.32. The summed E-state index contributed by atoms with van der Waals surface area (Å²) in [6.45, 7) is 5.27. The number of hydrogen-bond donors (Lipinski definition) is 1. The lowest BCUT2D eigenvalue weighted by Gasteiger charge is -2.18. The zero-order valence-electron chi connectivity index (χ0n) is 16.3. The van der Waals surface area contributed by atoms with Gasteiger partial charge < -0.3 is 14.8 Å². The van der Waals surface area contributed by atoms with Gasteiger partial charge in [-0.15, -0.1) is 0 Å². The predicted octanol–water partition coefficient (Wildman–Crippen LogP) is 3.96. The molecule has 0 radical (unpaired) electrons. The van der Waals surface area contributed by atoms with Gasteiger partial charge in [-0.1, -0.05) is 44.2 Å². The molecule has 0 aliphatic rings. The lowest BCUT2D eigenvalue weighted by molar-refractivity contribution is -0.155. The molecular weight excluding hydrogens is 358 g/mol. The Labute approximate surface area is 164 Å². The normalized spacial score (nSPS) is 12.5. The summed E-state index contributed by atoms with van der Waals surface area (Å²) in [5.41, 5.74) is 2.08. The first-order valence-electron chi connectivity index (χ1n) is 9.22. The van der Waals surface area contributed by atoms with Crippen LogP contribution in [0.15, 0.2) is 48.5 Å². The molecule has 0 unspecified atom stereocenters. The Morgan fingerprint density at radius 3 is 2.46 bits per heavy atom. The summed E-state index contributed by atoms with van der Waals surface area (Å²) < 4.78 is 10.5. The minimum atomic E-state index is -0.984. The molecule has 0 aliphatic heterocycles. The maximum absolute atomic E-state index is 12.4. The quantitative estimate of drug-likeness (QED) is 0.523. The largest absolute Gasteiger partial charge is 0.481 e. The summed E-state index contributed by atoms with van der Waals surface area (Å²) in [5.74, 6) is -0.536. The van der Waals surface area contributed by atoms with Crippen molar-refractivity contribution >= 4 is 23.9 Å². The third-order valence-electron chi connectivity index (χ3n) is 4.43. The molecule has 1 N–H and O–H groups in total. The van der Waals surface area contributed by atoms with E-state index < -0.39 is 24.6 Å². The highest BCUT2D eigenvalue weighted by molar-refractivity contribution is 5.95.